The Balaban J connectivity index is 2.10. The first-order chi connectivity index (χ1) is 15.2. The van der Waals surface area contributed by atoms with E-state index in [1.807, 2.05) is 26.8 Å². The molecule has 1 heterocycles. The minimum Gasteiger partial charge on any atom is -0.339 e. The lowest BCUT2D eigenvalue weighted by molar-refractivity contribution is -0.139. The monoisotopic (exact) mass is 447 g/mol. The summed E-state index contributed by atoms with van der Waals surface area (Å²) in [6.07, 6.45) is -1.79. The molecule has 1 N–H and O–H groups in total. The molecule has 8 heteroatoms. The number of nitrogens with one attached hydrogen (secondary N) is 1. The Kier molecular flexibility index (Phi) is 7.01. The fourth-order valence-corrected chi connectivity index (χ4v) is 3.75. The third-order valence-corrected chi connectivity index (χ3v) is 5.18. The van der Waals surface area contributed by atoms with Gasteiger partial charge in [0.25, 0.3) is 5.91 Å². The number of anilines is 2. The van der Waals surface area contributed by atoms with Crippen molar-refractivity contribution in [3.05, 3.63) is 65.1 Å². The van der Waals surface area contributed by atoms with E-state index < -0.39 is 17.6 Å². The van der Waals surface area contributed by atoms with E-state index in [0.717, 1.165) is 24.5 Å². The first-order valence-corrected chi connectivity index (χ1v) is 10.5. The number of aryl methyl sites for hydroxylation is 1. The molecule has 4 nitrogen and oxygen atoms in total. The summed E-state index contributed by atoms with van der Waals surface area (Å²) in [6.45, 7) is 7.05. The van der Waals surface area contributed by atoms with Crippen LogP contribution >= 0.6 is 0 Å². The molecule has 0 radical (unpaired) electrons. The summed E-state index contributed by atoms with van der Waals surface area (Å²) in [5.41, 5.74) is -0.471. The predicted octanol–water partition coefficient (Wildman–Crippen LogP) is 6.71. The number of rotatable bonds is 7. The molecule has 0 aliphatic rings. The molecular formula is C24H25F4N3O. The fraction of sp³-hybridized carbons (Fsp3) is 0.333. The second-order valence-corrected chi connectivity index (χ2v) is 7.60. The quantitative estimate of drug-likeness (QED) is 0.410. The van der Waals surface area contributed by atoms with Crippen LogP contribution in [0.1, 0.15) is 48.2 Å². The number of fused-ring (bicyclic) bond motifs is 1. The number of hydrogen-bond donors (Lipinski definition) is 1. The van der Waals surface area contributed by atoms with Gasteiger partial charge in [-0.2, -0.15) is 13.2 Å². The standard InChI is InChI=1S/C24H25F4N3O/c1-4-12-31(13-5-2)23(32)17-14-29-22(16-9-6-8-15(3)20(16)17)30-19-11-7-10-18(21(19)25)24(26,27)28/h6-11,14H,4-5,12-13H2,1-3H3,(H,29,30). The van der Waals surface area contributed by atoms with Crippen molar-refractivity contribution in [3.63, 3.8) is 0 Å². The molecule has 0 aliphatic heterocycles. The van der Waals surface area contributed by atoms with Gasteiger partial charge in [-0.15, -0.1) is 0 Å². The Morgan fingerprint density at radius 2 is 1.72 bits per heavy atom. The summed E-state index contributed by atoms with van der Waals surface area (Å²) in [4.78, 5) is 19.3. The van der Waals surface area contributed by atoms with E-state index in [-0.39, 0.29) is 17.4 Å². The summed E-state index contributed by atoms with van der Waals surface area (Å²) in [5, 5.41) is 3.86. The van der Waals surface area contributed by atoms with E-state index in [4.69, 9.17) is 0 Å². The van der Waals surface area contributed by atoms with Gasteiger partial charge in [0.15, 0.2) is 5.82 Å². The highest BCUT2D eigenvalue weighted by Gasteiger charge is 2.35. The van der Waals surface area contributed by atoms with E-state index >= 15 is 0 Å². The third kappa shape index (κ3) is 4.69. The molecule has 3 rings (SSSR count). The molecule has 1 aromatic heterocycles. The number of hydrogen-bond acceptors (Lipinski definition) is 3. The van der Waals surface area contributed by atoms with E-state index in [0.29, 0.717) is 35.5 Å². The normalized spacial score (nSPS) is 11.6. The maximum atomic E-state index is 14.5. The highest BCUT2D eigenvalue weighted by Crippen LogP contribution is 2.36. The SMILES string of the molecule is CCCN(CCC)C(=O)c1cnc(Nc2cccc(C(F)(F)F)c2F)c2cccc(C)c12. The van der Waals surface area contributed by atoms with Gasteiger partial charge in [0.05, 0.1) is 16.8 Å². The van der Waals surface area contributed by atoms with Crippen LogP contribution in [0.5, 0.6) is 0 Å². The van der Waals surface area contributed by atoms with Crippen LogP contribution in [-0.2, 0) is 6.18 Å². The molecule has 0 aliphatic carbocycles. The van der Waals surface area contributed by atoms with Gasteiger partial charge in [0.2, 0.25) is 0 Å². The summed E-state index contributed by atoms with van der Waals surface area (Å²) >= 11 is 0. The van der Waals surface area contributed by atoms with Gasteiger partial charge in [0.1, 0.15) is 5.82 Å². The van der Waals surface area contributed by atoms with Crippen molar-refractivity contribution in [3.8, 4) is 0 Å². The summed E-state index contributed by atoms with van der Waals surface area (Å²) < 4.78 is 53.8. The number of halogens is 4. The van der Waals surface area contributed by atoms with Gasteiger partial charge in [-0.05, 0) is 37.5 Å². The molecule has 0 fully saturated rings. The number of aromatic nitrogens is 1. The summed E-state index contributed by atoms with van der Waals surface area (Å²) in [6, 6.07) is 8.36. The molecule has 0 saturated carbocycles. The Morgan fingerprint density at radius 3 is 2.34 bits per heavy atom. The first kappa shape index (κ1) is 23.5. The van der Waals surface area contributed by atoms with Crippen molar-refractivity contribution in [1.29, 1.82) is 0 Å². The molecule has 0 saturated heterocycles. The first-order valence-electron chi connectivity index (χ1n) is 10.5. The largest absolute Gasteiger partial charge is 0.419 e. The van der Waals surface area contributed by atoms with Gasteiger partial charge in [-0.3, -0.25) is 4.79 Å². The van der Waals surface area contributed by atoms with Crippen LogP contribution in [-0.4, -0.2) is 28.9 Å². The average Bonchev–Trinajstić information content (AvgIpc) is 2.74. The molecule has 3 aromatic rings. The minimum atomic E-state index is -4.81. The number of carbonyl (C=O) groups is 1. The number of carbonyl (C=O) groups excluding carboxylic acids is 1. The average molecular weight is 447 g/mol. The lowest BCUT2D eigenvalue weighted by Gasteiger charge is -2.23. The zero-order valence-corrected chi connectivity index (χ0v) is 18.2. The van der Waals surface area contributed by atoms with E-state index in [1.54, 1.807) is 17.0 Å². The zero-order chi connectivity index (χ0) is 23.5. The van der Waals surface area contributed by atoms with Crippen molar-refractivity contribution < 1.29 is 22.4 Å². The molecule has 170 valence electrons. The maximum Gasteiger partial charge on any atom is 0.419 e. The van der Waals surface area contributed by atoms with Gasteiger partial charge >= 0.3 is 6.18 Å². The summed E-state index contributed by atoms with van der Waals surface area (Å²) in [5.74, 6) is -1.38. The predicted molar refractivity (Wildman–Crippen MR) is 118 cm³/mol. The van der Waals surface area contributed by atoms with Crippen molar-refractivity contribution in [1.82, 2.24) is 9.88 Å². The van der Waals surface area contributed by atoms with Crippen molar-refractivity contribution >= 4 is 28.2 Å². The lowest BCUT2D eigenvalue weighted by Crippen LogP contribution is -2.32. The Bertz CT molecular complexity index is 1120. The number of amides is 1. The highest BCUT2D eigenvalue weighted by atomic mass is 19.4. The molecule has 2 aromatic carbocycles. The molecule has 0 spiro atoms. The maximum absolute atomic E-state index is 14.5. The molecule has 0 atom stereocenters. The van der Waals surface area contributed by atoms with Gasteiger partial charge < -0.3 is 10.2 Å². The zero-order valence-electron chi connectivity index (χ0n) is 18.2. The van der Waals surface area contributed by atoms with Crippen LogP contribution in [0.25, 0.3) is 10.8 Å². The number of nitrogens with zero attached hydrogens (tertiary/aromatic N) is 2. The second kappa shape index (κ2) is 9.54. The highest BCUT2D eigenvalue weighted by molar-refractivity contribution is 6.10. The number of benzene rings is 2. The van der Waals surface area contributed by atoms with E-state index in [9.17, 15) is 22.4 Å². The van der Waals surface area contributed by atoms with Gasteiger partial charge in [-0.25, -0.2) is 9.37 Å². The Morgan fingerprint density at radius 1 is 1.06 bits per heavy atom. The van der Waals surface area contributed by atoms with Gasteiger partial charge in [-0.1, -0.05) is 38.1 Å². The lowest BCUT2D eigenvalue weighted by atomic mass is 10.0. The van der Waals surface area contributed by atoms with Crippen molar-refractivity contribution in [2.75, 3.05) is 18.4 Å². The fourth-order valence-electron chi connectivity index (χ4n) is 3.75. The van der Waals surface area contributed by atoms with Crippen LogP contribution in [0.2, 0.25) is 0 Å². The minimum absolute atomic E-state index is 0.155. The Hall–Kier alpha value is -3.16. The second-order valence-electron chi connectivity index (χ2n) is 7.60. The molecular weight excluding hydrogens is 422 g/mol. The summed E-state index contributed by atoms with van der Waals surface area (Å²) in [7, 11) is 0. The van der Waals surface area contributed by atoms with Gasteiger partial charge in [0, 0.05) is 30.1 Å². The van der Waals surface area contributed by atoms with Crippen molar-refractivity contribution in [2.24, 2.45) is 0 Å². The molecule has 32 heavy (non-hydrogen) atoms. The van der Waals surface area contributed by atoms with Crippen molar-refractivity contribution in [2.45, 2.75) is 39.8 Å². The number of alkyl halides is 3. The Labute approximate surface area is 184 Å². The topological polar surface area (TPSA) is 45.2 Å². The van der Waals surface area contributed by atoms with Crippen LogP contribution in [0.4, 0.5) is 29.1 Å². The van der Waals surface area contributed by atoms with Crippen LogP contribution in [0.15, 0.2) is 42.6 Å². The van der Waals surface area contributed by atoms with E-state index in [1.165, 1.54) is 12.3 Å². The van der Waals surface area contributed by atoms with E-state index in [2.05, 4.69) is 10.3 Å². The van der Waals surface area contributed by atoms with Crippen LogP contribution in [0.3, 0.4) is 0 Å². The molecule has 0 bridgehead atoms. The molecule has 0 unspecified atom stereocenters. The van der Waals surface area contributed by atoms with Crippen LogP contribution in [0, 0.1) is 12.7 Å². The number of pyridine rings is 1. The van der Waals surface area contributed by atoms with Crippen LogP contribution < -0.4 is 5.32 Å². The third-order valence-electron chi connectivity index (χ3n) is 5.18. The smallest absolute Gasteiger partial charge is 0.339 e. The molecule has 1 amide bonds.